The third-order valence-electron chi connectivity index (χ3n) is 2.27. The molecule has 0 N–H and O–H groups in total. The summed E-state index contributed by atoms with van der Waals surface area (Å²) in [6.07, 6.45) is 0. The van der Waals surface area contributed by atoms with Gasteiger partial charge >= 0.3 is 29.6 Å². The Hall–Kier alpha value is -0.900. The molecular weight excluding hydrogens is 249 g/mol. The summed E-state index contributed by atoms with van der Waals surface area (Å²) in [5, 5.41) is 10.1. The van der Waals surface area contributed by atoms with E-state index in [0.29, 0.717) is 5.39 Å². The molecule has 0 aromatic heterocycles. The van der Waals surface area contributed by atoms with Crippen LogP contribution in [-0.2, 0) is 10.1 Å². The molecule has 17 heavy (non-hydrogen) atoms. The van der Waals surface area contributed by atoms with Crippen molar-refractivity contribution in [3.63, 3.8) is 0 Å². The molecule has 4 nitrogen and oxygen atoms in total. The van der Waals surface area contributed by atoms with Gasteiger partial charge in [0, 0.05) is 5.39 Å². The van der Waals surface area contributed by atoms with Crippen molar-refractivity contribution >= 4 is 20.9 Å². The zero-order valence-electron chi connectivity index (χ0n) is 9.04. The maximum absolute atomic E-state index is 10.9. The summed E-state index contributed by atoms with van der Waals surface area (Å²) in [4.78, 5) is -0.464. The van der Waals surface area contributed by atoms with Crippen LogP contribution in [0.2, 0.25) is 0 Å². The number of hydrogen-bond donors (Lipinski definition) is 0. The van der Waals surface area contributed by atoms with E-state index >= 15 is 0 Å². The monoisotopic (exact) mass is 255 g/mol. The molecule has 0 saturated carbocycles. The molecule has 6 heteroatoms. The number of nitriles is 1. The minimum atomic E-state index is -4.61. The Morgan fingerprint density at radius 1 is 1.12 bits per heavy atom. The molecule has 0 unspecified atom stereocenters. The molecule has 2 aromatic carbocycles. The zero-order valence-corrected chi connectivity index (χ0v) is 11.9. The quantitative estimate of drug-likeness (QED) is 0.464. The summed E-state index contributed by atoms with van der Waals surface area (Å²) in [7, 11) is -4.61. The van der Waals surface area contributed by atoms with E-state index in [1.54, 1.807) is 30.3 Å². The van der Waals surface area contributed by atoms with Crippen LogP contribution in [0.5, 0.6) is 0 Å². The molecule has 0 saturated heterocycles. The topological polar surface area (TPSA) is 81.0 Å². The second kappa shape index (κ2) is 5.17. The van der Waals surface area contributed by atoms with E-state index in [2.05, 4.69) is 0 Å². The standard InChI is InChI=1S/C11H7NO3S.Na/c12-7-10-9-4-2-1-3-8(9)5-6-11(10)16(13,14)15;/h1-6H,(H,13,14,15);/q;+1/p-1. The molecular formula is C11H6NNaO3S. The summed E-state index contributed by atoms with van der Waals surface area (Å²) in [5.41, 5.74) is -0.0897. The Morgan fingerprint density at radius 2 is 1.76 bits per heavy atom. The van der Waals surface area contributed by atoms with Crippen molar-refractivity contribution in [1.82, 2.24) is 0 Å². The van der Waals surface area contributed by atoms with Crippen molar-refractivity contribution in [1.29, 1.82) is 5.26 Å². The van der Waals surface area contributed by atoms with Gasteiger partial charge in [0.05, 0.1) is 10.5 Å². The molecule has 2 rings (SSSR count). The second-order valence-corrected chi connectivity index (χ2v) is 4.57. The number of fused-ring (bicyclic) bond motifs is 1. The molecule has 0 aliphatic carbocycles. The van der Waals surface area contributed by atoms with E-state index in [4.69, 9.17) is 5.26 Å². The summed E-state index contributed by atoms with van der Waals surface area (Å²) >= 11 is 0. The van der Waals surface area contributed by atoms with Crippen LogP contribution in [0, 0.1) is 11.3 Å². The van der Waals surface area contributed by atoms with Gasteiger partial charge in [0.1, 0.15) is 16.2 Å². The van der Waals surface area contributed by atoms with Crippen LogP contribution in [-0.4, -0.2) is 13.0 Å². The molecule has 0 atom stereocenters. The van der Waals surface area contributed by atoms with E-state index in [-0.39, 0.29) is 35.1 Å². The Kier molecular flexibility index (Phi) is 4.31. The summed E-state index contributed by atoms with van der Waals surface area (Å²) in [6.45, 7) is 0. The minimum absolute atomic E-state index is 0. The fourth-order valence-corrected chi connectivity index (χ4v) is 2.22. The molecule has 0 heterocycles. The predicted molar refractivity (Wildman–Crippen MR) is 56.6 cm³/mol. The molecule has 80 valence electrons. The Balaban J connectivity index is 0.00000144. The SMILES string of the molecule is N#Cc1c(S(=O)(=O)[O-])ccc2ccccc12.[Na+]. The number of benzene rings is 2. The van der Waals surface area contributed by atoms with Crippen LogP contribution in [0.25, 0.3) is 10.8 Å². The Labute approximate surface area is 121 Å². The third kappa shape index (κ3) is 2.68. The van der Waals surface area contributed by atoms with Crippen molar-refractivity contribution in [2.24, 2.45) is 0 Å². The first-order chi connectivity index (χ1) is 7.54. The van der Waals surface area contributed by atoms with Crippen molar-refractivity contribution in [2.45, 2.75) is 4.90 Å². The van der Waals surface area contributed by atoms with E-state index < -0.39 is 15.0 Å². The van der Waals surface area contributed by atoms with E-state index in [1.165, 1.54) is 12.1 Å². The number of hydrogen-bond acceptors (Lipinski definition) is 4. The van der Waals surface area contributed by atoms with Gasteiger partial charge in [0.25, 0.3) is 0 Å². The van der Waals surface area contributed by atoms with Crippen molar-refractivity contribution in [2.75, 3.05) is 0 Å². The van der Waals surface area contributed by atoms with Gasteiger partial charge in [-0.05, 0) is 11.5 Å². The van der Waals surface area contributed by atoms with E-state index in [0.717, 1.165) is 5.39 Å². The molecule has 0 aliphatic heterocycles. The van der Waals surface area contributed by atoms with Gasteiger partial charge in [-0.15, -0.1) is 0 Å². The summed E-state index contributed by atoms with van der Waals surface area (Å²) in [5.74, 6) is 0. The van der Waals surface area contributed by atoms with Gasteiger partial charge in [-0.1, -0.05) is 30.3 Å². The Morgan fingerprint density at radius 3 is 2.35 bits per heavy atom. The van der Waals surface area contributed by atoms with E-state index in [9.17, 15) is 13.0 Å². The molecule has 0 radical (unpaired) electrons. The van der Waals surface area contributed by atoms with Crippen LogP contribution in [0.1, 0.15) is 5.56 Å². The first-order valence-corrected chi connectivity index (χ1v) is 5.82. The summed E-state index contributed by atoms with van der Waals surface area (Å²) < 4.78 is 32.8. The van der Waals surface area contributed by atoms with E-state index in [1.807, 2.05) is 0 Å². The minimum Gasteiger partial charge on any atom is -0.744 e. The van der Waals surface area contributed by atoms with Crippen LogP contribution in [0.4, 0.5) is 0 Å². The second-order valence-electron chi connectivity index (χ2n) is 3.23. The number of rotatable bonds is 1. The van der Waals surface area contributed by atoms with Gasteiger partial charge in [0.2, 0.25) is 0 Å². The van der Waals surface area contributed by atoms with Crippen LogP contribution in [0.15, 0.2) is 41.3 Å². The fourth-order valence-electron chi connectivity index (χ4n) is 1.58. The normalized spacial score (nSPS) is 10.6. The molecule has 0 amide bonds. The third-order valence-corrected chi connectivity index (χ3v) is 3.15. The zero-order chi connectivity index (χ0) is 11.8. The van der Waals surface area contributed by atoms with Crippen LogP contribution in [0.3, 0.4) is 0 Å². The largest absolute Gasteiger partial charge is 1.00 e. The fraction of sp³-hybridized carbons (Fsp3) is 0. The summed E-state index contributed by atoms with van der Waals surface area (Å²) in [6, 6.07) is 11.3. The first kappa shape index (κ1) is 14.2. The maximum atomic E-state index is 10.9. The predicted octanol–water partition coefficient (Wildman–Crippen LogP) is -1.38. The molecule has 0 bridgehead atoms. The van der Waals surface area contributed by atoms with Crippen LogP contribution >= 0.6 is 0 Å². The molecule has 0 spiro atoms. The average molecular weight is 255 g/mol. The molecule has 0 aliphatic rings. The average Bonchev–Trinajstić information content (AvgIpc) is 2.26. The van der Waals surface area contributed by atoms with Gasteiger partial charge in [-0.25, -0.2) is 8.42 Å². The van der Waals surface area contributed by atoms with Gasteiger partial charge in [-0.2, -0.15) is 5.26 Å². The van der Waals surface area contributed by atoms with Crippen LogP contribution < -0.4 is 29.6 Å². The molecule has 0 fully saturated rings. The maximum Gasteiger partial charge on any atom is 1.00 e. The first-order valence-electron chi connectivity index (χ1n) is 4.42. The van der Waals surface area contributed by atoms with Gasteiger partial charge in [-0.3, -0.25) is 0 Å². The molecule has 2 aromatic rings. The Bertz CT molecular complexity index is 704. The van der Waals surface area contributed by atoms with Gasteiger partial charge in [0.15, 0.2) is 0 Å². The smallest absolute Gasteiger partial charge is 0.744 e. The number of nitrogens with zero attached hydrogens (tertiary/aromatic N) is 1. The van der Waals surface area contributed by atoms with Crippen molar-refractivity contribution in [3.8, 4) is 6.07 Å². The van der Waals surface area contributed by atoms with Crippen molar-refractivity contribution < 1.29 is 42.5 Å². The van der Waals surface area contributed by atoms with Gasteiger partial charge < -0.3 is 4.55 Å². The van der Waals surface area contributed by atoms with Crippen molar-refractivity contribution in [3.05, 3.63) is 42.0 Å².